The molecule has 122 valence electrons. The van der Waals surface area contributed by atoms with Crippen molar-refractivity contribution >= 4 is 11.8 Å². The summed E-state index contributed by atoms with van der Waals surface area (Å²) in [6.45, 7) is 2.29. The summed E-state index contributed by atoms with van der Waals surface area (Å²) in [5.41, 5.74) is 0. The molecule has 4 fully saturated rings. The standard InChI is InChI=1S/C17H27N3O2/c1-19-5-6-20(10-17(19)22)9-16(21)18-15-8-11-7-14(15)13-4-2-3-12(11)13/h11-15H,2-10H2,1H3,(H,18,21). The SMILES string of the molecule is CN1CCN(CC(=O)NC2CC3CC2C2CCCC32)CC1=O. The highest BCUT2D eigenvalue weighted by Gasteiger charge is 2.54. The number of carbonyl (C=O) groups is 2. The quantitative estimate of drug-likeness (QED) is 0.835. The lowest BCUT2D eigenvalue weighted by Crippen LogP contribution is -2.52. The van der Waals surface area contributed by atoms with Gasteiger partial charge in [-0.25, -0.2) is 0 Å². The summed E-state index contributed by atoms with van der Waals surface area (Å²) in [6, 6.07) is 0.403. The largest absolute Gasteiger partial charge is 0.352 e. The number of carbonyl (C=O) groups excluding carboxylic acids is 2. The van der Waals surface area contributed by atoms with Crippen molar-refractivity contribution in [2.24, 2.45) is 23.7 Å². The van der Waals surface area contributed by atoms with Gasteiger partial charge >= 0.3 is 0 Å². The van der Waals surface area contributed by atoms with E-state index >= 15 is 0 Å². The predicted molar refractivity (Wildman–Crippen MR) is 83.1 cm³/mol. The lowest BCUT2D eigenvalue weighted by atomic mass is 9.79. The number of piperazine rings is 1. The molecule has 4 aliphatic rings. The Balaban J connectivity index is 1.29. The van der Waals surface area contributed by atoms with Crippen LogP contribution in [-0.4, -0.2) is 60.9 Å². The highest BCUT2D eigenvalue weighted by atomic mass is 16.2. The van der Waals surface area contributed by atoms with Crippen LogP contribution in [0.4, 0.5) is 0 Å². The topological polar surface area (TPSA) is 52.6 Å². The second-order valence-electron chi connectivity index (χ2n) is 7.85. The zero-order chi connectivity index (χ0) is 15.3. The highest BCUT2D eigenvalue weighted by molar-refractivity contribution is 5.82. The maximum absolute atomic E-state index is 12.3. The van der Waals surface area contributed by atoms with Crippen LogP contribution in [-0.2, 0) is 9.59 Å². The Morgan fingerprint density at radius 3 is 2.82 bits per heavy atom. The molecule has 0 radical (unpaired) electrons. The van der Waals surface area contributed by atoms with Gasteiger partial charge in [0.05, 0.1) is 13.1 Å². The van der Waals surface area contributed by atoms with Gasteiger partial charge in [-0.05, 0) is 49.4 Å². The number of amides is 2. The van der Waals surface area contributed by atoms with Gasteiger partial charge in [0.2, 0.25) is 11.8 Å². The third kappa shape index (κ3) is 2.43. The summed E-state index contributed by atoms with van der Waals surface area (Å²) < 4.78 is 0. The zero-order valence-corrected chi connectivity index (χ0v) is 13.5. The highest BCUT2D eigenvalue weighted by Crippen LogP contribution is 2.58. The Morgan fingerprint density at radius 2 is 2.00 bits per heavy atom. The molecule has 3 aliphatic carbocycles. The molecule has 1 N–H and O–H groups in total. The molecule has 2 bridgehead atoms. The van der Waals surface area contributed by atoms with E-state index in [4.69, 9.17) is 0 Å². The number of nitrogens with zero attached hydrogens (tertiary/aromatic N) is 2. The number of hydrogen-bond acceptors (Lipinski definition) is 3. The van der Waals surface area contributed by atoms with Crippen LogP contribution >= 0.6 is 0 Å². The molecule has 0 aromatic rings. The second kappa shape index (κ2) is 5.52. The molecule has 4 rings (SSSR count). The van der Waals surface area contributed by atoms with Gasteiger partial charge in [-0.2, -0.15) is 0 Å². The van der Waals surface area contributed by atoms with Crippen LogP contribution in [0.2, 0.25) is 0 Å². The smallest absolute Gasteiger partial charge is 0.236 e. The molecule has 5 unspecified atom stereocenters. The van der Waals surface area contributed by atoms with Gasteiger partial charge in [-0.1, -0.05) is 6.42 Å². The molecule has 1 aliphatic heterocycles. The van der Waals surface area contributed by atoms with Crippen LogP contribution in [0.1, 0.15) is 32.1 Å². The van der Waals surface area contributed by atoms with Crippen LogP contribution < -0.4 is 5.32 Å². The minimum atomic E-state index is 0.115. The normalized spacial score (nSPS) is 41.0. The van der Waals surface area contributed by atoms with E-state index in [1.807, 2.05) is 11.9 Å². The Labute approximate surface area is 132 Å². The number of likely N-dealkylation sites (N-methyl/N-ethyl adjacent to an activating group) is 1. The van der Waals surface area contributed by atoms with E-state index in [0.717, 1.165) is 36.8 Å². The average Bonchev–Trinajstić information content (AvgIpc) is 3.14. The van der Waals surface area contributed by atoms with Gasteiger partial charge in [-0.3, -0.25) is 14.5 Å². The molecule has 5 nitrogen and oxygen atoms in total. The van der Waals surface area contributed by atoms with Crippen molar-refractivity contribution in [2.45, 2.75) is 38.1 Å². The molecule has 22 heavy (non-hydrogen) atoms. The van der Waals surface area contributed by atoms with Crippen LogP contribution in [0.25, 0.3) is 0 Å². The summed E-state index contributed by atoms with van der Waals surface area (Å²) in [5.74, 6) is 3.68. The molecule has 1 heterocycles. The van der Waals surface area contributed by atoms with Gasteiger partial charge in [0.15, 0.2) is 0 Å². The summed E-state index contributed by atoms with van der Waals surface area (Å²) in [4.78, 5) is 27.8. The van der Waals surface area contributed by atoms with Crippen molar-refractivity contribution in [1.82, 2.24) is 15.1 Å². The van der Waals surface area contributed by atoms with Gasteiger partial charge in [-0.15, -0.1) is 0 Å². The minimum Gasteiger partial charge on any atom is -0.352 e. The first-order valence-corrected chi connectivity index (χ1v) is 8.87. The van der Waals surface area contributed by atoms with E-state index in [0.29, 0.717) is 19.1 Å². The maximum Gasteiger partial charge on any atom is 0.236 e. The number of fused-ring (bicyclic) bond motifs is 5. The second-order valence-corrected chi connectivity index (χ2v) is 7.85. The molecule has 0 aromatic carbocycles. The van der Waals surface area contributed by atoms with Crippen molar-refractivity contribution < 1.29 is 9.59 Å². The van der Waals surface area contributed by atoms with Crippen LogP contribution in [0, 0.1) is 23.7 Å². The van der Waals surface area contributed by atoms with E-state index in [9.17, 15) is 9.59 Å². The molecule has 0 aromatic heterocycles. The Morgan fingerprint density at radius 1 is 1.18 bits per heavy atom. The van der Waals surface area contributed by atoms with Crippen LogP contribution in [0.3, 0.4) is 0 Å². The lowest BCUT2D eigenvalue weighted by molar-refractivity contribution is -0.135. The van der Waals surface area contributed by atoms with Gasteiger partial charge in [0.25, 0.3) is 0 Å². The monoisotopic (exact) mass is 305 g/mol. The zero-order valence-electron chi connectivity index (χ0n) is 13.5. The lowest BCUT2D eigenvalue weighted by Gasteiger charge is -2.34. The maximum atomic E-state index is 12.3. The van der Waals surface area contributed by atoms with Gasteiger partial charge in [0.1, 0.15) is 0 Å². The number of hydrogen-bond donors (Lipinski definition) is 1. The Bertz CT molecular complexity index is 481. The molecular weight excluding hydrogens is 278 g/mol. The first kappa shape index (κ1) is 14.5. The molecule has 0 spiro atoms. The summed E-state index contributed by atoms with van der Waals surface area (Å²) in [5, 5.41) is 3.29. The fourth-order valence-corrected chi connectivity index (χ4v) is 5.63. The van der Waals surface area contributed by atoms with E-state index in [1.54, 1.807) is 4.90 Å². The van der Waals surface area contributed by atoms with Crippen LogP contribution in [0.15, 0.2) is 0 Å². The molecule has 5 heteroatoms. The first-order valence-electron chi connectivity index (χ1n) is 8.87. The molecule has 5 atom stereocenters. The van der Waals surface area contributed by atoms with Gasteiger partial charge in [0, 0.05) is 26.2 Å². The van der Waals surface area contributed by atoms with E-state index in [1.165, 1.54) is 32.1 Å². The molecule has 1 saturated heterocycles. The van der Waals surface area contributed by atoms with E-state index < -0.39 is 0 Å². The molecular formula is C17H27N3O2. The molecule has 2 amide bonds. The Kier molecular flexibility index (Phi) is 3.63. The predicted octanol–water partition coefficient (Wildman–Crippen LogP) is 0.701. The summed E-state index contributed by atoms with van der Waals surface area (Å²) in [6.07, 6.45) is 6.74. The number of rotatable bonds is 3. The number of nitrogens with one attached hydrogen (secondary N) is 1. The van der Waals surface area contributed by atoms with E-state index in [2.05, 4.69) is 5.32 Å². The van der Waals surface area contributed by atoms with Crippen molar-refractivity contribution in [1.29, 1.82) is 0 Å². The fraction of sp³-hybridized carbons (Fsp3) is 0.882. The van der Waals surface area contributed by atoms with Crippen molar-refractivity contribution in [3.8, 4) is 0 Å². The fourth-order valence-electron chi connectivity index (χ4n) is 5.63. The Hall–Kier alpha value is -1.10. The third-order valence-corrected chi connectivity index (χ3v) is 6.68. The van der Waals surface area contributed by atoms with E-state index in [-0.39, 0.29) is 11.8 Å². The third-order valence-electron chi connectivity index (χ3n) is 6.68. The first-order chi connectivity index (χ1) is 10.6. The van der Waals surface area contributed by atoms with Gasteiger partial charge < -0.3 is 10.2 Å². The van der Waals surface area contributed by atoms with Crippen molar-refractivity contribution in [2.75, 3.05) is 33.2 Å². The molecule has 3 saturated carbocycles. The summed E-state index contributed by atoms with van der Waals surface area (Å²) >= 11 is 0. The average molecular weight is 305 g/mol. The van der Waals surface area contributed by atoms with Crippen molar-refractivity contribution in [3.63, 3.8) is 0 Å². The van der Waals surface area contributed by atoms with Crippen LogP contribution in [0.5, 0.6) is 0 Å². The minimum absolute atomic E-state index is 0.115. The summed E-state index contributed by atoms with van der Waals surface area (Å²) in [7, 11) is 1.83. The van der Waals surface area contributed by atoms with Crippen molar-refractivity contribution in [3.05, 3.63) is 0 Å².